The molecular weight excluding hydrogens is 424 g/mol. The molecule has 0 fully saturated rings. The summed E-state index contributed by atoms with van der Waals surface area (Å²) in [6.07, 6.45) is 2.05. The number of nitrogens with one attached hydrogen (secondary N) is 1. The Hall–Kier alpha value is -2.05. The molecule has 0 saturated heterocycles. The van der Waals surface area contributed by atoms with E-state index in [0.29, 0.717) is 35.5 Å². The molecule has 9 nitrogen and oxygen atoms in total. The Kier molecular flexibility index (Phi) is 6.62. The van der Waals surface area contributed by atoms with Crippen LogP contribution < -0.4 is 19.1 Å². The van der Waals surface area contributed by atoms with Crippen LogP contribution in [0.4, 0.5) is 10.8 Å². The van der Waals surface area contributed by atoms with Crippen LogP contribution in [0.1, 0.15) is 13.3 Å². The summed E-state index contributed by atoms with van der Waals surface area (Å²) in [5.41, 5.74) is 0.318. The first-order chi connectivity index (χ1) is 13.4. The van der Waals surface area contributed by atoms with Crippen LogP contribution in [0.5, 0.6) is 11.5 Å². The van der Waals surface area contributed by atoms with Gasteiger partial charge in [0.2, 0.25) is 21.1 Å². The van der Waals surface area contributed by atoms with Crippen LogP contribution in [0.15, 0.2) is 22.5 Å². The summed E-state index contributed by atoms with van der Waals surface area (Å²) in [4.78, 5) is 12.4. The van der Waals surface area contributed by atoms with Gasteiger partial charge >= 0.3 is 0 Å². The third kappa shape index (κ3) is 5.26. The maximum absolute atomic E-state index is 12.4. The second-order valence-electron chi connectivity index (χ2n) is 5.87. The number of nitrogens with zero attached hydrogens (tertiary/aromatic N) is 3. The van der Waals surface area contributed by atoms with E-state index in [9.17, 15) is 13.2 Å². The molecule has 2 aromatic rings. The monoisotopic (exact) mass is 444 g/mol. The van der Waals surface area contributed by atoms with E-state index >= 15 is 0 Å². The molecule has 0 saturated carbocycles. The maximum atomic E-state index is 12.4. The molecule has 0 radical (unpaired) electrons. The smallest absolute Gasteiger partial charge is 0.246 e. The molecule has 1 amide bonds. The number of amides is 1. The predicted octanol–water partition coefficient (Wildman–Crippen LogP) is 2.22. The van der Waals surface area contributed by atoms with Gasteiger partial charge in [-0.3, -0.25) is 14.4 Å². The van der Waals surface area contributed by atoms with Gasteiger partial charge in [-0.25, -0.2) is 8.42 Å². The highest BCUT2D eigenvalue weighted by atomic mass is 32.2. The third-order valence-electron chi connectivity index (χ3n) is 3.58. The Morgan fingerprint density at radius 1 is 1.29 bits per heavy atom. The second kappa shape index (κ2) is 8.97. The first-order valence-electron chi connectivity index (χ1n) is 8.50. The molecule has 1 aliphatic rings. The molecule has 152 valence electrons. The summed E-state index contributed by atoms with van der Waals surface area (Å²) >= 11 is 2.81. The van der Waals surface area contributed by atoms with Gasteiger partial charge in [-0.2, -0.15) is 0 Å². The average molecular weight is 445 g/mol. The molecule has 1 aromatic heterocycles. The van der Waals surface area contributed by atoms with Crippen LogP contribution in [0.3, 0.4) is 0 Å². The molecule has 0 bridgehead atoms. The fourth-order valence-electron chi connectivity index (χ4n) is 2.38. The lowest BCUT2D eigenvalue weighted by molar-refractivity contribution is -0.114. The fraction of sp³-hybridized carbons (Fsp3) is 0.438. The van der Waals surface area contributed by atoms with E-state index in [1.165, 1.54) is 11.3 Å². The topological polar surface area (TPSA) is 111 Å². The molecule has 1 aromatic carbocycles. The van der Waals surface area contributed by atoms with Gasteiger partial charge in [0, 0.05) is 11.8 Å². The van der Waals surface area contributed by atoms with Crippen molar-refractivity contribution in [2.75, 3.05) is 41.4 Å². The first-order valence-corrected chi connectivity index (χ1v) is 12.2. The normalized spacial score (nSPS) is 13.2. The van der Waals surface area contributed by atoms with E-state index in [1.807, 2.05) is 0 Å². The van der Waals surface area contributed by atoms with Crippen molar-refractivity contribution in [3.8, 4) is 11.5 Å². The molecule has 1 aliphatic heterocycles. The molecule has 0 unspecified atom stereocenters. The van der Waals surface area contributed by atoms with Crippen LogP contribution in [-0.4, -0.2) is 56.3 Å². The van der Waals surface area contributed by atoms with E-state index in [4.69, 9.17) is 9.47 Å². The summed E-state index contributed by atoms with van der Waals surface area (Å²) in [7, 11) is -3.70. The van der Waals surface area contributed by atoms with Crippen molar-refractivity contribution >= 4 is 49.8 Å². The highest BCUT2D eigenvalue weighted by molar-refractivity contribution is 8.01. The number of ether oxygens (including phenoxy) is 2. The highest BCUT2D eigenvalue weighted by Gasteiger charge is 2.24. The van der Waals surface area contributed by atoms with E-state index in [1.54, 1.807) is 30.0 Å². The van der Waals surface area contributed by atoms with Gasteiger partial charge < -0.3 is 9.47 Å². The van der Waals surface area contributed by atoms with Crippen LogP contribution >= 0.6 is 23.1 Å². The number of sulfonamides is 1. The van der Waals surface area contributed by atoms with Crippen LogP contribution in [0.2, 0.25) is 0 Å². The van der Waals surface area contributed by atoms with E-state index in [2.05, 4.69) is 22.4 Å². The summed E-state index contributed by atoms with van der Waals surface area (Å²) in [5.74, 6) is 1.39. The minimum absolute atomic E-state index is 0.318. The molecule has 2 heterocycles. The lowest BCUT2D eigenvalue weighted by atomic mass is 10.2. The number of benzene rings is 1. The summed E-state index contributed by atoms with van der Waals surface area (Å²) in [6, 6.07) is 4.75. The number of fused-ring (bicyclic) bond motifs is 1. The number of carbonyl (C=O) groups excluding carboxylic acids is 1. The second-order valence-corrected chi connectivity index (χ2v) is 10.1. The van der Waals surface area contributed by atoms with Gasteiger partial charge in [-0.15, -0.1) is 10.2 Å². The Labute approximate surface area is 171 Å². The van der Waals surface area contributed by atoms with Gasteiger partial charge in [-0.1, -0.05) is 30.0 Å². The van der Waals surface area contributed by atoms with Crippen molar-refractivity contribution < 1.29 is 22.7 Å². The van der Waals surface area contributed by atoms with Crippen molar-refractivity contribution in [1.82, 2.24) is 10.2 Å². The summed E-state index contributed by atoms with van der Waals surface area (Å²) in [6.45, 7) is 2.49. The van der Waals surface area contributed by atoms with E-state index in [-0.39, 0.29) is 0 Å². The van der Waals surface area contributed by atoms with Gasteiger partial charge in [-0.05, 0) is 18.6 Å². The summed E-state index contributed by atoms with van der Waals surface area (Å²) < 4.78 is 37.2. The predicted molar refractivity (Wildman–Crippen MR) is 109 cm³/mol. The number of thioether (sulfide) groups is 1. The molecule has 0 aliphatic carbocycles. The maximum Gasteiger partial charge on any atom is 0.246 e. The van der Waals surface area contributed by atoms with Crippen molar-refractivity contribution in [3.63, 3.8) is 0 Å². The Morgan fingerprint density at radius 2 is 2.04 bits per heavy atom. The van der Waals surface area contributed by atoms with Crippen molar-refractivity contribution in [3.05, 3.63) is 18.2 Å². The van der Waals surface area contributed by atoms with Crippen LogP contribution in [0, 0.1) is 0 Å². The number of aromatic nitrogens is 2. The average Bonchev–Trinajstić information content (AvgIpc) is 3.10. The number of hydrogen-bond donors (Lipinski definition) is 1. The van der Waals surface area contributed by atoms with E-state index in [0.717, 1.165) is 27.1 Å². The molecule has 3 rings (SSSR count). The van der Waals surface area contributed by atoms with Crippen molar-refractivity contribution in [2.45, 2.75) is 17.7 Å². The lowest BCUT2D eigenvalue weighted by Crippen LogP contribution is -2.37. The van der Waals surface area contributed by atoms with Crippen molar-refractivity contribution in [2.24, 2.45) is 0 Å². The number of hydrogen-bond acceptors (Lipinski definition) is 9. The molecule has 12 heteroatoms. The van der Waals surface area contributed by atoms with Gasteiger partial charge in [0.05, 0.1) is 11.9 Å². The van der Waals surface area contributed by atoms with Gasteiger partial charge in [0.25, 0.3) is 0 Å². The number of anilines is 2. The van der Waals surface area contributed by atoms with Crippen LogP contribution in [-0.2, 0) is 14.8 Å². The van der Waals surface area contributed by atoms with Gasteiger partial charge in [0.1, 0.15) is 19.8 Å². The Bertz CT molecular complexity index is 948. The third-order valence-corrected chi connectivity index (χ3v) is 6.90. The quantitative estimate of drug-likeness (QED) is 0.487. The number of rotatable bonds is 8. The Morgan fingerprint density at radius 3 is 2.75 bits per heavy atom. The first kappa shape index (κ1) is 20.7. The minimum atomic E-state index is -3.70. The minimum Gasteiger partial charge on any atom is -0.486 e. The molecule has 28 heavy (non-hydrogen) atoms. The molecule has 1 N–H and O–H groups in total. The fourth-order valence-corrected chi connectivity index (χ4v) is 4.93. The largest absolute Gasteiger partial charge is 0.486 e. The van der Waals surface area contributed by atoms with Gasteiger partial charge in [0.15, 0.2) is 15.8 Å². The van der Waals surface area contributed by atoms with Crippen molar-refractivity contribution in [1.29, 1.82) is 0 Å². The molecule has 0 spiro atoms. The van der Waals surface area contributed by atoms with E-state index < -0.39 is 22.5 Å². The SMILES string of the molecule is CCCSc1nnc(NC(=O)CN(c2ccc3c(c2)OCCO3)S(C)(=O)=O)s1. The zero-order valence-corrected chi connectivity index (χ0v) is 17.8. The highest BCUT2D eigenvalue weighted by Crippen LogP contribution is 2.34. The zero-order valence-electron chi connectivity index (χ0n) is 15.4. The zero-order chi connectivity index (χ0) is 20.1. The summed E-state index contributed by atoms with van der Waals surface area (Å²) in [5, 5.41) is 10.9. The molecule has 0 atom stereocenters. The lowest BCUT2D eigenvalue weighted by Gasteiger charge is -2.24. The standard InChI is InChI=1S/C16H20N4O5S3/c1-3-8-26-16-19-18-15(27-16)17-14(21)10-20(28(2,22)23)11-4-5-12-13(9-11)25-7-6-24-12/h4-5,9H,3,6-8,10H2,1-2H3,(H,17,18,21). The van der Waals surface area contributed by atoms with Crippen LogP contribution in [0.25, 0.3) is 0 Å². The Balaban J connectivity index is 1.72. The molecular formula is C16H20N4O5S3. The number of carbonyl (C=O) groups is 1.